The number of para-hydroxylation sites is 2. The quantitative estimate of drug-likeness (QED) is 0.152. The van der Waals surface area contributed by atoms with Gasteiger partial charge in [-0.3, -0.25) is 0 Å². The van der Waals surface area contributed by atoms with Gasteiger partial charge in [0.15, 0.2) is 0 Å². The fourth-order valence-corrected chi connectivity index (χ4v) is 10.2. The summed E-state index contributed by atoms with van der Waals surface area (Å²) < 4.78 is 5.01. The fraction of sp³-hybridized carbons (Fsp3) is 0.0492. The van der Waals surface area contributed by atoms with Crippen molar-refractivity contribution in [3.8, 4) is 78.1 Å². The molecule has 0 N–H and O–H groups in total. The highest BCUT2D eigenvalue weighted by atomic mass is 15.1. The van der Waals surface area contributed by atoms with E-state index in [1.807, 2.05) is 0 Å². The highest BCUT2D eigenvalue weighted by molar-refractivity contribution is 6.11. The van der Waals surface area contributed by atoms with E-state index >= 15 is 0 Å². The van der Waals surface area contributed by atoms with E-state index in [0.29, 0.717) is 0 Å². The van der Waals surface area contributed by atoms with Gasteiger partial charge in [0.25, 0.3) is 0 Å². The number of aromatic nitrogens is 2. The SMILES string of the molecule is CC1(C)c2ccccc2-n2cc3c4ccccc4n(-c4cc(-c5cc(-c6ccccc6)cc(-c6ccccc6)c5)cc(-c5cc(-c6ccccc6)cc(-c6ccccc6)c5)c4)c3c21. The normalized spacial score (nSPS) is 12.7. The number of nitrogens with zero attached hydrogens (tertiary/aromatic N) is 2. The van der Waals surface area contributed by atoms with E-state index in [1.54, 1.807) is 0 Å². The van der Waals surface area contributed by atoms with Crippen molar-refractivity contribution in [3.05, 3.63) is 242 Å². The molecule has 0 unspecified atom stereocenters. The van der Waals surface area contributed by atoms with Crippen molar-refractivity contribution in [3.63, 3.8) is 0 Å². The predicted octanol–water partition coefficient (Wildman–Crippen LogP) is 16.2. The largest absolute Gasteiger partial charge is 0.317 e. The lowest BCUT2D eigenvalue weighted by atomic mass is 9.83. The highest BCUT2D eigenvalue weighted by Crippen LogP contribution is 2.50. The molecule has 0 bridgehead atoms. The van der Waals surface area contributed by atoms with Crippen LogP contribution in [0.15, 0.2) is 231 Å². The fourth-order valence-electron chi connectivity index (χ4n) is 10.2. The van der Waals surface area contributed by atoms with Crippen LogP contribution in [0.5, 0.6) is 0 Å². The molecule has 1 aliphatic rings. The van der Waals surface area contributed by atoms with E-state index in [1.165, 1.54) is 94.4 Å². The van der Waals surface area contributed by atoms with Crippen LogP contribution in [0.3, 0.4) is 0 Å². The van der Waals surface area contributed by atoms with Crippen LogP contribution < -0.4 is 0 Å². The molecular weight excluding hydrogens is 761 g/mol. The maximum absolute atomic E-state index is 2.55. The van der Waals surface area contributed by atoms with E-state index in [-0.39, 0.29) is 5.41 Å². The molecule has 2 nitrogen and oxygen atoms in total. The Morgan fingerprint density at radius 1 is 0.333 bits per heavy atom. The average Bonchev–Trinajstić information content (AvgIpc) is 3.97. The van der Waals surface area contributed by atoms with E-state index in [9.17, 15) is 0 Å². The van der Waals surface area contributed by atoms with Crippen LogP contribution in [-0.4, -0.2) is 9.13 Å². The minimum Gasteiger partial charge on any atom is -0.317 e. The standard InChI is InChI=1S/C61H44N2/c1-61(2)56-28-16-18-30-58(56)62-40-55-54-27-15-17-29-57(54)63(59(55)60(61)62)53-38-51(49-33-45(41-19-7-3-8-20-41)31-46(34-49)42-21-9-4-10-22-42)37-52(39-53)50-35-47(43-23-11-5-12-24-43)32-48(36-50)44-25-13-6-14-26-44/h3-40H,1-2H3. The molecule has 0 saturated heterocycles. The van der Waals surface area contributed by atoms with Gasteiger partial charge in [-0.15, -0.1) is 0 Å². The summed E-state index contributed by atoms with van der Waals surface area (Å²) >= 11 is 0. The molecule has 0 radical (unpaired) electrons. The first-order valence-electron chi connectivity index (χ1n) is 21.9. The molecule has 3 heterocycles. The van der Waals surface area contributed by atoms with Crippen molar-refractivity contribution in [1.29, 1.82) is 0 Å². The molecule has 2 heteroatoms. The van der Waals surface area contributed by atoms with E-state index < -0.39 is 0 Å². The lowest BCUT2D eigenvalue weighted by molar-refractivity contribution is 0.646. The third-order valence-electron chi connectivity index (χ3n) is 13.2. The number of hydrogen-bond acceptors (Lipinski definition) is 0. The molecule has 0 aliphatic carbocycles. The Morgan fingerprint density at radius 3 is 1.16 bits per heavy atom. The summed E-state index contributed by atoms with van der Waals surface area (Å²) in [4.78, 5) is 0. The van der Waals surface area contributed by atoms with E-state index in [0.717, 1.165) is 16.8 Å². The van der Waals surface area contributed by atoms with Crippen molar-refractivity contribution < 1.29 is 0 Å². The summed E-state index contributed by atoms with van der Waals surface area (Å²) in [6.07, 6.45) is 2.38. The van der Waals surface area contributed by atoms with Gasteiger partial charge >= 0.3 is 0 Å². The summed E-state index contributed by atoms with van der Waals surface area (Å²) in [5, 5.41) is 2.52. The second-order valence-corrected chi connectivity index (χ2v) is 17.4. The van der Waals surface area contributed by atoms with Crippen LogP contribution in [-0.2, 0) is 5.41 Å². The second-order valence-electron chi connectivity index (χ2n) is 17.4. The van der Waals surface area contributed by atoms with E-state index in [4.69, 9.17) is 0 Å². The smallest absolute Gasteiger partial charge is 0.0763 e. The zero-order chi connectivity index (χ0) is 42.1. The van der Waals surface area contributed by atoms with Gasteiger partial charge in [0.05, 0.1) is 16.7 Å². The molecule has 2 aromatic heterocycles. The zero-order valence-electron chi connectivity index (χ0n) is 35.3. The van der Waals surface area contributed by atoms with Gasteiger partial charge in [0, 0.05) is 33.8 Å². The van der Waals surface area contributed by atoms with Crippen LogP contribution in [0.4, 0.5) is 0 Å². The molecule has 298 valence electrons. The Balaban J connectivity index is 1.17. The monoisotopic (exact) mass is 804 g/mol. The van der Waals surface area contributed by atoms with Gasteiger partial charge in [0.1, 0.15) is 0 Å². The van der Waals surface area contributed by atoms with Gasteiger partial charge in [0.2, 0.25) is 0 Å². The third kappa shape index (κ3) is 6.17. The summed E-state index contributed by atoms with van der Waals surface area (Å²) in [7, 11) is 0. The minimum absolute atomic E-state index is 0.214. The topological polar surface area (TPSA) is 9.86 Å². The van der Waals surface area contributed by atoms with Crippen molar-refractivity contribution in [2.45, 2.75) is 19.3 Å². The van der Waals surface area contributed by atoms with Crippen molar-refractivity contribution >= 4 is 21.8 Å². The number of fused-ring (bicyclic) bond motifs is 7. The zero-order valence-corrected chi connectivity index (χ0v) is 35.3. The average molecular weight is 805 g/mol. The molecule has 0 amide bonds. The Morgan fingerprint density at radius 2 is 0.698 bits per heavy atom. The van der Waals surface area contributed by atoms with Crippen LogP contribution in [0.25, 0.3) is 99.9 Å². The first-order chi connectivity index (χ1) is 31.0. The Labute approximate surface area is 368 Å². The number of hydrogen-bond donors (Lipinski definition) is 0. The molecule has 0 atom stereocenters. The number of rotatable bonds is 7. The molecule has 1 aliphatic heterocycles. The Kier molecular flexibility index (Phi) is 8.55. The van der Waals surface area contributed by atoms with Gasteiger partial charge in [-0.1, -0.05) is 172 Å². The lowest BCUT2D eigenvalue weighted by Gasteiger charge is -2.21. The molecule has 0 fully saturated rings. The second kappa shape index (κ2) is 14.6. The van der Waals surface area contributed by atoms with Crippen LogP contribution in [0.1, 0.15) is 25.1 Å². The van der Waals surface area contributed by atoms with Gasteiger partial charge in [-0.25, -0.2) is 0 Å². The van der Waals surface area contributed by atoms with Crippen LogP contribution >= 0.6 is 0 Å². The lowest BCUT2D eigenvalue weighted by Crippen LogP contribution is -2.16. The summed E-state index contributed by atoms with van der Waals surface area (Å²) in [6, 6.07) is 82.4. The Bertz CT molecular complexity index is 3240. The first kappa shape index (κ1) is 36.9. The molecule has 12 rings (SSSR count). The summed E-state index contributed by atoms with van der Waals surface area (Å²) in [6.45, 7) is 4.77. The van der Waals surface area contributed by atoms with Gasteiger partial charge < -0.3 is 9.13 Å². The number of benzene rings is 9. The van der Waals surface area contributed by atoms with Crippen LogP contribution in [0.2, 0.25) is 0 Å². The molecule has 0 spiro atoms. The summed E-state index contributed by atoms with van der Waals surface area (Å²) in [5.41, 5.74) is 21.5. The maximum atomic E-state index is 2.55. The molecule has 63 heavy (non-hydrogen) atoms. The third-order valence-corrected chi connectivity index (χ3v) is 13.2. The van der Waals surface area contributed by atoms with Crippen molar-refractivity contribution in [1.82, 2.24) is 9.13 Å². The minimum atomic E-state index is -0.214. The molecule has 11 aromatic rings. The molecule has 9 aromatic carbocycles. The summed E-state index contributed by atoms with van der Waals surface area (Å²) in [5.74, 6) is 0. The highest BCUT2D eigenvalue weighted by Gasteiger charge is 2.39. The molecular formula is C61H44N2. The van der Waals surface area contributed by atoms with Crippen molar-refractivity contribution in [2.75, 3.05) is 0 Å². The van der Waals surface area contributed by atoms with Crippen molar-refractivity contribution in [2.24, 2.45) is 0 Å². The van der Waals surface area contributed by atoms with Gasteiger partial charge in [-0.05, 0) is 139 Å². The molecule has 0 saturated carbocycles. The van der Waals surface area contributed by atoms with Gasteiger partial charge in [-0.2, -0.15) is 0 Å². The van der Waals surface area contributed by atoms with Crippen LogP contribution in [0, 0.1) is 0 Å². The Hall–Kier alpha value is -7.94. The maximum Gasteiger partial charge on any atom is 0.0763 e. The predicted molar refractivity (Wildman–Crippen MR) is 265 cm³/mol. The van der Waals surface area contributed by atoms with E-state index in [2.05, 4.69) is 254 Å². The first-order valence-corrected chi connectivity index (χ1v) is 21.9.